The number of likely N-dealkylation sites (tertiary alicyclic amines) is 1. The zero-order valence-corrected chi connectivity index (χ0v) is 17.6. The fourth-order valence-corrected chi connectivity index (χ4v) is 3.91. The largest absolute Gasteiger partial charge is 0.464 e. The van der Waals surface area contributed by atoms with Crippen LogP contribution < -0.4 is 10.2 Å². The van der Waals surface area contributed by atoms with Crippen LogP contribution in [0.5, 0.6) is 0 Å². The standard InChI is InChI=1S/C20H29N3O4S/c1-4-27-20(26)16-10-7-8-12-23(16)19(25)14-22(2)13-18(24)21-15-9-5-6-11-17(15)28-3/h5-6,9,11,16H,4,7-8,10,12-14H2,1-3H3,(H,21,24)/p+1/t16-/m0/s1. The molecule has 1 heterocycles. The van der Waals surface area contributed by atoms with E-state index in [0.717, 1.165) is 28.3 Å². The summed E-state index contributed by atoms with van der Waals surface area (Å²) in [5, 5.41) is 2.91. The highest BCUT2D eigenvalue weighted by molar-refractivity contribution is 7.98. The fraction of sp³-hybridized carbons (Fsp3) is 0.550. The minimum absolute atomic E-state index is 0.118. The second kappa shape index (κ2) is 11.1. The summed E-state index contributed by atoms with van der Waals surface area (Å²) in [5.74, 6) is -0.598. The van der Waals surface area contributed by atoms with E-state index in [-0.39, 0.29) is 30.9 Å². The number of likely N-dealkylation sites (N-methyl/N-ethyl adjacent to an activating group) is 1. The number of nitrogens with zero attached hydrogens (tertiary/aromatic N) is 1. The number of para-hydroxylation sites is 1. The number of amides is 2. The lowest BCUT2D eigenvalue weighted by Crippen LogP contribution is -3.11. The SMILES string of the molecule is CCOC(=O)[C@@H]1CCCCN1C(=O)C[NH+](C)CC(=O)Nc1ccccc1SC. The summed E-state index contributed by atoms with van der Waals surface area (Å²) in [4.78, 5) is 40.6. The number of esters is 1. The summed E-state index contributed by atoms with van der Waals surface area (Å²) in [7, 11) is 1.81. The molecule has 0 bridgehead atoms. The number of benzene rings is 1. The van der Waals surface area contributed by atoms with Crippen molar-refractivity contribution in [2.24, 2.45) is 0 Å². The number of rotatable bonds is 8. The van der Waals surface area contributed by atoms with Gasteiger partial charge in [-0.2, -0.15) is 0 Å². The molecule has 2 rings (SSSR count). The van der Waals surface area contributed by atoms with Gasteiger partial charge in [-0.05, 0) is 44.6 Å². The molecule has 1 aromatic rings. The monoisotopic (exact) mass is 408 g/mol. The van der Waals surface area contributed by atoms with E-state index in [4.69, 9.17) is 4.74 Å². The average Bonchev–Trinajstić information content (AvgIpc) is 2.68. The van der Waals surface area contributed by atoms with Crippen molar-refractivity contribution in [3.8, 4) is 0 Å². The molecule has 2 amide bonds. The highest BCUT2D eigenvalue weighted by Crippen LogP contribution is 2.24. The molecular weight excluding hydrogens is 378 g/mol. The van der Waals surface area contributed by atoms with Gasteiger partial charge in [0.15, 0.2) is 13.1 Å². The Morgan fingerprint density at radius 3 is 2.71 bits per heavy atom. The molecule has 28 heavy (non-hydrogen) atoms. The van der Waals surface area contributed by atoms with Crippen LogP contribution in [0, 0.1) is 0 Å². The van der Waals surface area contributed by atoms with Gasteiger partial charge >= 0.3 is 5.97 Å². The summed E-state index contributed by atoms with van der Waals surface area (Å²) in [6.07, 6.45) is 4.38. The highest BCUT2D eigenvalue weighted by atomic mass is 32.2. The van der Waals surface area contributed by atoms with Gasteiger partial charge in [-0.3, -0.25) is 9.59 Å². The minimum atomic E-state index is -0.503. The van der Waals surface area contributed by atoms with Gasteiger partial charge in [-0.25, -0.2) is 4.79 Å². The molecule has 0 aromatic heterocycles. The van der Waals surface area contributed by atoms with Gasteiger partial charge in [0.05, 0.1) is 19.3 Å². The Bertz CT molecular complexity index is 698. The van der Waals surface area contributed by atoms with Crippen LogP contribution in [0.4, 0.5) is 5.69 Å². The smallest absolute Gasteiger partial charge is 0.328 e. The lowest BCUT2D eigenvalue weighted by molar-refractivity contribution is -0.862. The van der Waals surface area contributed by atoms with Crippen LogP contribution in [0.15, 0.2) is 29.2 Å². The molecule has 8 heteroatoms. The van der Waals surface area contributed by atoms with Gasteiger partial charge in [0, 0.05) is 11.4 Å². The van der Waals surface area contributed by atoms with Crippen molar-refractivity contribution in [1.29, 1.82) is 0 Å². The zero-order valence-electron chi connectivity index (χ0n) is 16.8. The van der Waals surface area contributed by atoms with Crippen molar-refractivity contribution in [3.05, 3.63) is 24.3 Å². The van der Waals surface area contributed by atoms with E-state index in [1.165, 1.54) is 0 Å². The summed E-state index contributed by atoms with van der Waals surface area (Å²) < 4.78 is 5.11. The second-order valence-electron chi connectivity index (χ2n) is 6.91. The number of piperidine rings is 1. The van der Waals surface area contributed by atoms with Gasteiger partial charge in [0.25, 0.3) is 11.8 Å². The van der Waals surface area contributed by atoms with Crippen molar-refractivity contribution in [3.63, 3.8) is 0 Å². The molecule has 1 saturated heterocycles. The average molecular weight is 409 g/mol. The third-order valence-corrected chi connectivity index (χ3v) is 5.47. The van der Waals surface area contributed by atoms with Crippen LogP contribution in [-0.2, 0) is 19.1 Å². The lowest BCUT2D eigenvalue weighted by Gasteiger charge is -2.34. The van der Waals surface area contributed by atoms with Crippen molar-refractivity contribution in [1.82, 2.24) is 4.90 Å². The van der Waals surface area contributed by atoms with Crippen LogP contribution in [0.25, 0.3) is 0 Å². The van der Waals surface area contributed by atoms with E-state index in [1.54, 1.807) is 30.6 Å². The molecule has 0 aliphatic carbocycles. The maximum atomic E-state index is 12.7. The second-order valence-corrected chi connectivity index (χ2v) is 7.76. The number of hydrogen-bond acceptors (Lipinski definition) is 5. The molecule has 1 unspecified atom stereocenters. The summed E-state index contributed by atoms with van der Waals surface area (Å²) >= 11 is 1.57. The number of hydrogen-bond donors (Lipinski definition) is 2. The topological polar surface area (TPSA) is 80.2 Å². The molecular formula is C20H30N3O4S+. The van der Waals surface area contributed by atoms with Gasteiger partial charge in [0.1, 0.15) is 6.04 Å². The van der Waals surface area contributed by atoms with Crippen LogP contribution >= 0.6 is 11.8 Å². The Morgan fingerprint density at radius 1 is 1.25 bits per heavy atom. The summed E-state index contributed by atoms with van der Waals surface area (Å²) in [6, 6.07) is 7.11. The molecule has 1 fully saturated rings. The van der Waals surface area contributed by atoms with E-state index in [2.05, 4.69) is 5.32 Å². The van der Waals surface area contributed by atoms with Gasteiger partial charge in [0.2, 0.25) is 0 Å². The molecule has 1 aliphatic rings. The molecule has 2 N–H and O–H groups in total. The maximum absolute atomic E-state index is 12.7. The molecule has 2 atom stereocenters. The van der Waals surface area contributed by atoms with Gasteiger partial charge in [-0.15, -0.1) is 11.8 Å². The van der Waals surface area contributed by atoms with Gasteiger partial charge < -0.3 is 19.9 Å². The zero-order chi connectivity index (χ0) is 20.5. The molecule has 0 saturated carbocycles. The number of anilines is 1. The van der Waals surface area contributed by atoms with E-state index >= 15 is 0 Å². The van der Waals surface area contributed by atoms with Crippen molar-refractivity contribution < 1.29 is 24.0 Å². The van der Waals surface area contributed by atoms with Crippen LogP contribution in [0.3, 0.4) is 0 Å². The van der Waals surface area contributed by atoms with Crippen molar-refractivity contribution in [2.75, 3.05) is 44.9 Å². The Hall–Kier alpha value is -2.06. The molecule has 7 nitrogen and oxygen atoms in total. The molecule has 1 aliphatic heterocycles. The van der Waals surface area contributed by atoms with Crippen molar-refractivity contribution >= 4 is 35.2 Å². The third kappa shape index (κ3) is 6.24. The molecule has 0 spiro atoms. The van der Waals surface area contributed by atoms with E-state index < -0.39 is 6.04 Å². The number of ether oxygens (including phenoxy) is 1. The van der Waals surface area contributed by atoms with Crippen LogP contribution in [0.2, 0.25) is 0 Å². The van der Waals surface area contributed by atoms with E-state index in [9.17, 15) is 14.4 Å². The lowest BCUT2D eigenvalue weighted by atomic mass is 10.0. The van der Waals surface area contributed by atoms with Crippen LogP contribution in [-0.4, -0.2) is 68.3 Å². The van der Waals surface area contributed by atoms with E-state index in [1.807, 2.05) is 30.5 Å². The Labute approximate surface area is 170 Å². The number of carbonyl (C=O) groups is 3. The Balaban J connectivity index is 1.90. The molecule has 1 aromatic carbocycles. The first-order chi connectivity index (χ1) is 13.5. The first-order valence-corrected chi connectivity index (χ1v) is 10.9. The number of thioether (sulfide) groups is 1. The maximum Gasteiger partial charge on any atom is 0.328 e. The Kier molecular flexibility index (Phi) is 8.79. The fourth-order valence-electron chi connectivity index (χ4n) is 3.35. The third-order valence-electron chi connectivity index (χ3n) is 4.68. The van der Waals surface area contributed by atoms with Crippen LogP contribution in [0.1, 0.15) is 26.2 Å². The first-order valence-electron chi connectivity index (χ1n) is 9.66. The highest BCUT2D eigenvalue weighted by Gasteiger charge is 2.34. The molecule has 0 radical (unpaired) electrons. The molecule has 154 valence electrons. The van der Waals surface area contributed by atoms with E-state index in [0.29, 0.717) is 19.6 Å². The normalized spacial score (nSPS) is 17.7. The van der Waals surface area contributed by atoms with Crippen molar-refractivity contribution in [2.45, 2.75) is 37.1 Å². The predicted octanol–water partition coefficient (Wildman–Crippen LogP) is 0.806. The number of nitrogens with one attached hydrogen (secondary N) is 2. The number of quaternary nitrogens is 1. The minimum Gasteiger partial charge on any atom is -0.464 e. The summed E-state index contributed by atoms with van der Waals surface area (Å²) in [5.41, 5.74) is 0.775. The predicted molar refractivity (Wildman–Crippen MR) is 109 cm³/mol. The van der Waals surface area contributed by atoms with Gasteiger partial charge in [-0.1, -0.05) is 12.1 Å². The Morgan fingerprint density at radius 2 is 2.00 bits per heavy atom. The first kappa shape index (κ1) is 22.2. The number of carbonyl (C=O) groups excluding carboxylic acids is 3. The quantitative estimate of drug-likeness (QED) is 0.491. The summed E-state index contributed by atoms with van der Waals surface area (Å²) in [6.45, 7) is 2.96.